The minimum absolute atomic E-state index is 0.101. The number of aromatic nitrogens is 2. The Morgan fingerprint density at radius 3 is 2.92 bits per heavy atom. The number of carbonyl (C=O) groups is 1. The van der Waals surface area contributed by atoms with Crippen molar-refractivity contribution in [2.75, 3.05) is 0 Å². The predicted octanol–water partition coefficient (Wildman–Crippen LogP) is 0.682. The molecule has 0 fully saturated rings. The summed E-state index contributed by atoms with van der Waals surface area (Å²) in [7, 11) is 0. The molecule has 0 radical (unpaired) electrons. The van der Waals surface area contributed by atoms with Gasteiger partial charge in [-0.1, -0.05) is 12.1 Å². The Bertz CT molecular complexity index is 416. The lowest BCUT2D eigenvalue weighted by Crippen LogP contribution is -2.19. The van der Waals surface area contributed by atoms with Gasteiger partial charge in [-0.3, -0.25) is 10.0 Å². The van der Waals surface area contributed by atoms with E-state index in [0.717, 1.165) is 5.52 Å². The lowest BCUT2D eigenvalue weighted by atomic mass is 10.3. The fourth-order valence-corrected chi connectivity index (χ4v) is 1.11. The van der Waals surface area contributed by atoms with Crippen LogP contribution in [0.25, 0.3) is 11.0 Å². The molecule has 2 rings (SSSR count). The first-order valence-electron chi connectivity index (χ1n) is 3.70. The number of rotatable bonds is 1. The van der Waals surface area contributed by atoms with Crippen LogP contribution < -0.4 is 5.48 Å². The number of fused-ring (bicyclic) bond motifs is 1. The van der Waals surface area contributed by atoms with E-state index in [4.69, 9.17) is 5.21 Å². The molecule has 2 aromatic rings. The summed E-state index contributed by atoms with van der Waals surface area (Å²) in [5.41, 5.74) is 2.97. The van der Waals surface area contributed by atoms with Crippen LogP contribution in [0.2, 0.25) is 0 Å². The third-order valence-electron chi connectivity index (χ3n) is 1.71. The van der Waals surface area contributed by atoms with Crippen molar-refractivity contribution in [1.82, 2.24) is 15.4 Å². The van der Waals surface area contributed by atoms with Crippen LogP contribution in [0, 0.1) is 0 Å². The van der Waals surface area contributed by atoms with Crippen molar-refractivity contribution in [3.8, 4) is 0 Å². The van der Waals surface area contributed by atoms with Gasteiger partial charge in [0, 0.05) is 0 Å². The molecule has 1 aromatic carbocycles. The highest BCUT2D eigenvalue weighted by Gasteiger charge is 2.08. The van der Waals surface area contributed by atoms with Gasteiger partial charge in [0.25, 0.3) is 0 Å². The Hall–Kier alpha value is -1.88. The van der Waals surface area contributed by atoms with Crippen LogP contribution in [0.5, 0.6) is 0 Å². The first-order valence-corrected chi connectivity index (χ1v) is 3.70. The summed E-state index contributed by atoms with van der Waals surface area (Å²) < 4.78 is 0. The SMILES string of the molecule is O=C(NO)c1nc2ccccc2[nH]1. The Balaban J connectivity index is 2.56. The van der Waals surface area contributed by atoms with Gasteiger partial charge in [-0.2, -0.15) is 0 Å². The molecule has 66 valence electrons. The van der Waals surface area contributed by atoms with E-state index in [1.807, 2.05) is 12.1 Å². The maximum Gasteiger partial charge on any atom is 0.310 e. The minimum Gasteiger partial charge on any atom is -0.334 e. The van der Waals surface area contributed by atoms with Crippen LogP contribution in [0.4, 0.5) is 0 Å². The van der Waals surface area contributed by atoms with E-state index in [1.165, 1.54) is 5.48 Å². The van der Waals surface area contributed by atoms with Crippen LogP contribution in [0.1, 0.15) is 10.6 Å². The van der Waals surface area contributed by atoms with Gasteiger partial charge in [-0.05, 0) is 12.1 Å². The topological polar surface area (TPSA) is 78.0 Å². The largest absolute Gasteiger partial charge is 0.334 e. The normalized spacial score (nSPS) is 10.2. The van der Waals surface area contributed by atoms with Gasteiger partial charge < -0.3 is 4.98 Å². The van der Waals surface area contributed by atoms with E-state index in [9.17, 15) is 4.79 Å². The molecule has 3 N–H and O–H groups in total. The van der Waals surface area contributed by atoms with Gasteiger partial charge in [-0.15, -0.1) is 0 Å². The molecule has 0 unspecified atom stereocenters. The summed E-state index contributed by atoms with van der Waals surface area (Å²) in [5, 5.41) is 8.35. The highest BCUT2D eigenvalue weighted by molar-refractivity contribution is 5.93. The smallest absolute Gasteiger partial charge is 0.310 e. The molecule has 5 heteroatoms. The van der Waals surface area contributed by atoms with Crippen molar-refractivity contribution in [2.45, 2.75) is 0 Å². The summed E-state index contributed by atoms with van der Waals surface area (Å²) in [4.78, 5) is 17.6. The monoisotopic (exact) mass is 177 g/mol. The minimum atomic E-state index is -0.642. The van der Waals surface area contributed by atoms with Gasteiger partial charge in [-0.25, -0.2) is 10.5 Å². The number of amides is 1. The lowest BCUT2D eigenvalue weighted by molar-refractivity contribution is 0.0696. The van der Waals surface area contributed by atoms with Gasteiger partial charge in [0.15, 0.2) is 5.82 Å². The molecular formula is C8H7N3O2. The Morgan fingerprint density at radius 1 is 1.46 bits per heavy atom. The summed E-state index contributed by atoms with van der Waals surface area (Å²) in [6.07, 6.45) is 0. The average molecular weight is 177 g/mol. The number of hydroxylamine groups is 1. The number of carbonyl (C=O) groups excluding carboxylic acids is 1. The van der Waals surface area contributed by atoms with Gasteiger partial charge >= 0.3 is 5.91 Å². The van der Waals surface area contributed by atoms with Crippen molar-refractivity contribution in [1.29, 1.82) is 0 Å². The van der Waals surface area contributed by atoms with E-state index in [0.29, 0.717) is 5.52 Å². The molecule has 0 aliphatic heterocycles. The van der Waals surface area contributed by atoms with Crippen LogP contribution in [0.15, 0.2) is 24.3 Å². The van der Waals surface area contributed by atoms with Crippen LogP contribution in [0.3, 0.4) is 0 Å². The molecule has 0 aliphatic rings. The van der Waals surface area contributed by atoms with Crippen LogP contribution in [-0.4, -0.2) is 21.1 Å². The van der Waals surface area contributed by atoms with Gasteiger partial charge in [0.05, 0.1) is 11.0 Å². The third kappa shape index (κ3) is 1.25. The number of nitrogens with one attached hydrogen (secondary N) is 2. The average Bonchev–Trinajstić information content (AvgIpc) is 2.59. The number of H-pyrrole nitrogens is 1. The van der Waals surface area contributed by atoms with E-state index < -0.39 is 5.91 Å². The molecule has 0 saturated carbocycles. The standard InChI is InChI=1S/C8H7N3O2/c12-8(11-13)7-9-5-3-1-2-4-6(5)10-7/h1-4,13H,(H,9,10)(H,11,12). The highest BCUT2D eigenvalue weighted by Crippen LogP contribution is 2.09. The quantitative estimate of drug-likeness (QED) is 0.442. The fraction of sp³-hybridized carbons (Fsp3) is 0. The number of benzene rings is 1. The Labute approximate surface area is 73.4 Å². The van der Waals surface area contributed by atoms with Crippen LogP contribution in [-0.2, 0) is 0 Å². The number of aromatic amines is 1. The Kier molecular flexibility index (Phi) is 1.71. The summed E-state index contributed by atoms with van der Waals surface area (Å²) in [6.45, 7) is 0. The molecular weight excluding hydrogens is 170 g/mol. The lowest BCUT2D eigenvalue weighted by Gasteiger charge is -1.89. The van der Waals surface area contributed by atoms with E-state index in [-0.39, 0.29) is 5.82 Å². The van der Waals surface area contributed by atoms with Crippen molar-refractivity contribution in [3.05, 3.63) is 30.1 Å². The first kappa shape index (κ1) is 7.75. The number of hydrogen-bond donors (Lipinski definition) is 3. The van der Waals surface area contributed by atoms with Crippen molar-refractivity contribution < 1.29 is 10.0 Å². The van der Waals surface area contributed by atoms with E-state index in [2.05, 4.69) is 9.97 Å². The molecule has 1 amide bonds. The summed E-state index contributed by atoms with van der Waals surface area (Å²) >= 11 is 0. The maximum atomic E-state index is 10.9. The summed E-state index contributed by atoms with van der Waals surface area (Å²) in [6, 6.07) is 7.24. The van der Waals surface area contributed by atoms with Gasteiger partial charge in [0.2, 0.25) is 0 Å². The molecule has 13 heavy (non-hydrogen) atoms. The second kappa shape index (κ2) is 2.87. The van der Waals surface area contributed by atoms with Crippen LogP contribution >= 0.6 is 0 Å². The van der Waals surface area contributed by atoms with E-state index in [1.54, 1.807) is 12.1 Å². The molecule has 5 nitrogen and oxygen atoms in total. The van der Waals surface area contributed by atoms with Crippen molar-refractivity contribution in [2.24, 2.45) is 0 Å². The third-order valence-corrected chi connectivity index (χ3v) is 1.71. The molecule has 0 bridgehead atoms. The number of para-hydroxylation sites is 2. The Morgan fingerprint density at radius 2 is 2.23 bits per heavy atom. The second-order valence-electron chi connectivity index (χ2n) is 2.54. The number of hydrogen-bond acceptors (Lipinski definition) is 3. The predicted molar refractivity (Wildman–Crippen MR) is 45.3 cm³/mol. The zero-order chi connectivity index (χ0) is 9.26. The van der Waals surface area contributed by atoms with Crippen molar-refractivity contribution >= 4 is 16.9 Å². The number of nitrogens with zero attached hydrogens (tertiary/aromatic N) is 1. The molecule has 0 spiro atoms. The van der Waals surface area contributed by atoms with Crippen molar-refractivity contribution in [3.63, 3.8) is 0 Å². The summed E-state index contributed by atoms with van der Waals surface area (Å²) in [5.74, 6) is -0.542. The molecule has 1 heterocycles. The molecule has 0 saturated heterocycles. The molecule has 0 aliphatic carbocycles. The first-order chi connectivity index (χ1) is 6.31. The van der Waals surface area contributed by atoms with E-state index >= 15 is 0 Å². The molecule has 0 atom stereocenters. The second-order valence-corrected chi connectivity index (χ2v) is 2.54. The fourth-order valence-electron chi connectivity index (χ4n) is 1.11. The maximum absolute atomic E-state index is 10.9. The zero-order valence-corrected chi connectivity index (χ0v) is 6.61. The zero-order valence-electron chi connectivity index (χ0n) is 6.61. The highest BCUT2D eigenvalue weighted by atomic mass is 16.5. The van der Waals surface area contributed by atoms with Gasteiger partial charge in [0.1, 0.15) is 0 Å². The number of imidazole rings is 1. The molecule has 1 aromatic heterocycles.